The maximum atomic E-state index is 11.7. The van der Waals surface area contributed by atoms with Crippen LogP contribution in [0.3, 0.4) is 0 Å². The van der Waals surface area contributed by atoms with Crippen molar-refractivity contribution in [3.05, 3.63) is 34.9 Å². The lowest BCUT2D eigenvalue weighted by molar-refractivity contribution is -0.120. The number of hydrogen-bond donors (Lipinski definition) is 0. The summed E-state index contributed by atoms with van der Waals surface area (Å²) >= 11 is 9.17. The van der Waals surface area contributed by atoms with Crippen LogP contribution in [-0.4, -0.2) is 10.6 Å². The van der Waals surface area contributed by atoms with Crippen LogP contribution in [0, 0.1) is 5.41 Å². The third-order valence-corrected chi connectivity index (χ3v) is 3.46. The van der Waals surface area contributed by atoms with E-state index in [1.165, 1.54) is 5.56 Å². The average molecular weight is 318 g/mol. The van der Waals surface area contributed by atoms with Crippen molar-refractivity contribution < 1.29 is 4.79 Å². The Bertz CT molecular complexity index is 382. The van der Waals surface area contributed by atoms with Gasteiger partial charge in [-0.1, -0.05) is 53.5 Å². The molecule has 1 nitrogen and oxygen atoms in total. The summed E-state index contributed by atoms with van der Waals surface area (Å²) in [7, 11) is 0. The van der Waals surface area contributed by atoms with Crippen molar-refractivity contribution in [1.82, 2.24) is 0 Å². The minimum atomic E-state index is -0.0630. The molecule has 0 aliphatic rings. The van der Waals surface area contributed by atoms with Gasteiger partial charge in [-0.25, -0.2) is 0 Å². The molecular formula is C14H18BrClO. The van der Waals surface area contributed by atoms with Gasteiger partial charge in [0.1, 0.15) is 5.78 Å². The van der Waals surface area contributed by atoms with E-state index in [-0.39, 0.29) is 16.0 Å². The Morgan fingerprint density at radius 3 is 2.35 bits per heavy atom. The number of halogens is 2. The van der Waals surface area contributed by atoms with Gasteiger partial charge in [-0.05, 0) is 36.5 Å². The van der Waals surface area contributed by atoms with E-state index in [2.05, 4.69) is 29.8 Å². The third kappa shape index (κ3) is 5.22. The summed E-state index contributed by atoms with van der Waals surface area (Å²) in [6.45, 7) is 6.12. The van der Waals surface area contributed by atoms with Gasteiger partial charge in [-0.2, -0.15) is 0 Å². The standard InChI is InChI=1S/C14H18BrClO/c1-10(15)13(17)9-14(2,3)8-11-4-6-12(16)7-5-11/h4-7,10H,8-9H2,1-3H3. The number of ketones is 1. The summed E-state index contributed by atoms with van der Waals surface area (Å²) in [4.78, 5) is 11.7. The number of carbonyl (C=O) groups excluding carboxylic acids is 1. The lowest BCUT2D eigenvalue weighted by Crippen LogP contribution is -2.23. The molecule has 0 saturated carbocycles. The van der Waals surface area contributed by atoms with Crippen LogP contribution in [0.5, 0.6) is 0 Å². The fourth-order valence-corrected chi connectivity index (χ4v) is 2.12. The number of hydrogen-bond acceptors (Lipinski definition) is 1. The van der Waals surface area contributed by atoms with Crippen LogP contribution in [0.2, 0.25) is 5.02 Å². The van der Waals surface area contributed by atoms with Crippen LogP contribution >= 0.6 is 27.5 Å². The lowest BCUT2D eigenvalue weighted by Gasteiger charge is -2.24. The molecule has 0 aliphatic heterocycles. The van der Waals surface area contributed by atoms with Crippen LogP contribution in [0.25, 0.3) is 0 Å². The van der Waals surface area contributed by atoms with Gasteiger partial charge < -0.3 is 0 Å². The minimum absolute atomic E-state index is 0.0209. The number of Topliss-reactive ketones (excluding diaryl/α,β-unsaturated/α-hetero) is 1. The highest BCUT2D eigenvalue weighted by atomic mass is 79.9. The Kier molecular flexibility index (Phi) is 5.21. The van der Waals surface area contributed by atoms with Crippen LogP contribution in [0.4, 0.5) is 0 Å². The van der Waals surface area contributed by atoms with Crippen molar-refractivity contribution in [2.45, 2.75) is 38.4 Å². The molecule has 0 fully saturated rings. The molecule has 0 radical (unpaired) electrons. The Hall–Kier alpha value is -0.340. The predicted octanol–water partition coefficient (Wildman–Crippen LogP) is 4.65. The van der Waals surface area contributed by atoms with Crippen molar-refractivity contribution in [2.24, 2.45) is 5.41 Å². The van der Waals surface area contributed by atoms with E-state index in [1.54, 1.807) is 0 Å². The largest absolute Gasteiger partial charge is 0.298 e. The van der Waals surface area contributed by atoms with Gasteiger partial charge >= 0.3 is 0 Å². The van der Waals surface area contributed by atoms with E-state index in [4.69, 9.17) is 11.6 Å². The first-order valence-corrected chi connectivity index (χ1v) is 7.01. The highest BCUT2D eigenvalue weighted by Gasteiger charge is 2.24. The first-order valence-electron chi connectivity index (χ1n) is 5.71. The quantitative estimate of drug-likeness (QED) is 0.722. The average Bonchev–Trinajstić information content (AvgIpc) is 2.20. The normalized spacial score (nSPS) is 13.5. The molecule has 0 aliphatic carbocycles. The third-order valence-electron chi connectivity index (χ3n) is 2.69. The van der Waals surface area contributed by atoms with Crippen molar-refractivity contribution in [1.29, 1.82) is 0 Å². The molecule has 0 saturated heterocycles. The monoisotopic (exact) mass is 316 g/mol. The van der Waals surface area contributed by atoms with E-state index in [1.807, 2.05) is 31.2 Å². The fourth-order valence-electron chi connectivity index (χ4n) is 1.83. The highest BCUT2D eigenvalue weighted by Crippen LogP contribution is 2.28. The zero-order chi connectivity index (χ0) is 13.1. The molecule has 1 aromatic rings. The first kappa shape index (κ1) is 14.7. The molecule has 0 bridgehead atoms. The van der Waals surface area contributed by atoms with Gasteiger partial charge in [0, 0.05) is 11.4 Å². The van der Waals surface area contributed by atoms with E-state index in [0.717, 1.165) is 11.4 Å². The SMILES string of the molecule is CC(Br)C(=O)CC(C)(C)Cc1ccc(Cl)cc1. The van der Waals surface area contributed by atoms with E-state index in [0.29, 0.717) is 6.42 Å². The second-order valence-corrected chi connectivity index (χ2v) is 7.04. The molecule has 0 aromatic heterocycles. The summed E-state index contributed by atoms with van der Waals surface area (Å²) in [6, 6.07) is 7.82. The number of carbonyl (C=O) groups is 1. The van der Waals surface area contributed by atoms with Gasteiger partial charge in [0.2, 0.25) is 0 Å². The molecule has 0 heterocycles. The molecule has 0 N–H and O–H groups in total. The Morgan fingerprint density at radius 1 is 1.35 bits per heavy atom. The predicted molar refractivity (Wildman–Crippen MR) is 77.0 cm³/mol. The van der Waals surface area contributed by atoms with E-state index in [9.17, 15) is 4.79 Å². The van der Waals surface area contributed by atoms with Crippen molar-refractivity contribution in [3.63, 3.8) is 0 Å². The first-order chi connectivity index (χ1) is 7.80. The Morgan fingerprint density at radius 2 is 1.88 bits per heavy atom. The number of rotatable bonds is 5. The van der Waals surface area contributed by atoms with Crippen LogP contribution in [-0.2, 0) is 11.2 Å². The Balaban J connectivity index is 2.66. The zero-order valence-electron chi connectivity index (χ0n) is 10.5. The Labute approximate surface area is 117 Å². The van der Waals surface area contributed by atoms with Crippen molar-refractivity contribution in [2.75, 3.05) is 0 Å². The summed E-state index contributed by atoms with van der Waals surface area (Å²) in [5.41, 5.74) is 1.20. The van der Waals surface area contributed by atoms with E-state index >= 15 is 0 Å². The van der Waals surface area contributed by atoms with Crippen molar-refractivity contribution >= 4 is 33.3 Å². The molecule has 1 atom stereocenters. The van der Waals surface area contributed by atoms with Gasteiger partial charge in [0.25, 0.3) is 0 Å². The molecule has 17 heavy (non-hydrogen) atoms. The molecule has 0 amide bonds. The topological polar surface area (TPSA) is 17.1 Å². The van der Waals surface area contributed by atoms with Crippen molar-refractivity contribution in [3.8, 4) is 0 Å². The van der Waals surface area contributed by atoms with Gasteiger partial charge in [0.15, 0.2) is 0 Å². The fraction of sp³-hybridized carbons (Fsp3) is 0.500. The smallest absolute Gasteiger partial charge is 0.146 e. The summed E-state index contributed by atoms with van der Waals surface area (Å²) < 4.78 is 0. The molecule has 1 aromatic carbocycles. The van der Waals surface area contributed by atoms with Crippen LogP contribution in [0.1, 0.15) is 32.8 Å². The van der Waals surface area contributed by atoms with Crippen LogP contribution < -0.4 is 0 Å². The molecular weight excluding hydrogens is 300 g/mol. The molecule has 94 valence electrons. The summed E-state index contributed by atoms with van der Waals surface area (Å²) in [5, 5.41) is 0.747. The van der Waals surface area contributed by atoms with Gasteiger partial charge in [-0.3, -0.25) is 4.79 Å². The zero-order valence-corrected chi connectivity index (χ0v) is 12.8. The maximum Gasteiger partial charge on any atom is 0.146 e. The number of alkyl halides is 1. The number of benzene rings is 1. The molecule has 3 heteroatoms. The summed E-state index contributed by atoms with van der Waals surface area (Å²) in [5.74, 6) is 0.254. The molecule has 0 spiro atoms. The second-order valence-electron chi connectivity index (χ2n) is 5.23. The minimum Gasteiger partial charge on any atom is -0.298 e. The highest BCUT2D eigenvalue weighted by molar-refractivity contribution is 9.10. The van der Waals surface area contributed by atoms with Gasteiger partial charge in [-0.15, -0.1) is 0 Å². The lowest BCUT2D eigenvalue weighted by atomic mass is 9.81. The maximum absolute atomic E-state index is 11.7. The summed E-state index contributed by atoms with van der Waals surface area (Å²) in [6.07, 6.45) is 1.47. The second kappa shape index (κ2) is 6.01. The molecule has 1 unspecified atom stereocenters. The van der Waals surface area contributed by atoms with Gasteiger partial charge in [0.05, 0.1) is 4.83 Å². The van der Waals surface area contributed by atoms with E-state index < -0.39 is 0 Å². The molecule has 1 rings (SSSR count). The van der Waals surface area contributed by atoms with Crippen LogP contribution in [0.15, 0.2) is 24.3 Å².